The van der Waals surface area contributed by atoms with Crippen molar-refractivity contribution < 1.29 is 9.53 Å². The molecule has 0 saturated carbocycles. The van der Waals surface area contributed by atoms with Crippen molar-refractivity contribution in [3.05, 3.63) is 12.2 Å². The molecule has 0 aromatic heterocycles. The number of amides is 1. The van der Waals surface area contributed by atoms with Crippen LogP contribution in [0, 0.1) is 11.8 Å². The van der Waals surface area contributed by atoms with Gasteiger partial charge in [-0.05, 0) is 39.5 Å². The first kappa shape index (κ1) is 15.0. The molecule has 94 valence electrons. The van der Waals surface area contributed by atoms with E-state index < -0.39 is 5.60 Å². The molecule has 2 unspecified atom stereocenters. The van der Waals surface area contributed by atoms with Crippen LogP contribution in [0.1, 0.15) is 41.5 Å². The molecule has 0 aromatic carbocycles. The maximum atomic E-state index is 11.4. The fraction of sp³-hybridized carbons (Fsp3) is 0.769. The Bertz CT molecular complexity index is 253. The van der Waals surface area contributed by atoms with Gasteiger partial charge >= 0.3 is 6.09 Å². The van der Waals surface area contributed by atoms with Gasteiger partial charge in [0.05, 0.1) is 0 Å². The van der Waals surface area contributed by atoms with Crippen LogP contribution in [-0.2, 0) is 4.74 Å². The van der Waals surface area contributed by atoms with E-state index in [4.69, 9.17) is 4.74 Å². The number of rotatable bonds is 4. The largest absolute Gasteiger partial charge is 0.444 e. The first-order valence-electron chi connectivity index (χ1n) is 5.75. The summed E-state index contributed by atoms with van der Waals surface area (Å²) in [7, 11) is 0. The minimum absolute atomic E-state index is 0.353. The van der Waals surface area contributed by atoms with Gasteiger partial charge in [-0.3, -0.25) is 0 Å². The van der Waals surface area contributed by atoms with E-state index in [9.17, 15) is 4.79 Å². The van der Waals surface area contributed by atoms with Crippen molar-refractivity contribution in [2.24, 2.45) is 11.8 Å². The van der Waals surface area contributed by atoms with Gasteiger partial charge in [0.15, 0.2) is 0 Å². The predicted octanol–water partition coefficient (Wildman–Crippen LogP) is 3.36. The van der Waals surface area contributed by atoms with E-state index >= 15 is 0 Å². The second-order valence-electron chi connectivity index (χ2n) is 5.50. The van der Waals surface area contributed by atoms with Gasteiger partial charge < -0.3 is 10.1 Å². The van der Waals surface area contributed by atoms with E-state index in [2.05, 4.69) is 25.7 Å². The fourth-order valence-corrected chi connectivity index (χ4v) is 1.22. The third kappa shape index (κ3) is 6.49. The van der Waals surface area contributed by atoms with E-state index in [1.165, 1.54) is 0 Å². The molecule has 0 saturated heterocycles. The van der Waals surface area contributed by atoms with Crippen molar-refractivity contribution in [1.29, 1.82) is 0 Å². The second kappa shape index (κ2) is 5.92. The number of hydrogen-bond donors (Lipinski definition) is 1. The Labute approximate surface area is 99.3 Å². The van der Waals surface area contributed by atoms with E-state index in [1.54, 1.807) is 0 Å². The van der Waals surface area contributed by atoms with Gasteiger partial charge in [-0.1, -0.05) is 26.0 Å². The van der Waals surface area contributed by atoms with Crippen molar-refractivity contribution in [2.45, 2.75) is 47.1 Å². The summed E-state index contributed by atoms with van der Waals surface area (Å²) in [4.78, 5) is 11.4. The van der Waals surface area contributed by atoms with Crippen LogP contribution in [0.3, 0.4) is 0 Å². The SMILES string of the molecule is C=C(C)C(C)C(C)CNC(=O)OC(C)(C)C. The first-order valence-corrected chi connectivity index (χ1v) is 5.75. The third-order valence-electron chi connectivity index (χ3n) is 2.60. The molecule has 0 fully saturated rings. The zero-order chi connectivity index (χ0) is 12.9. The van der Waals surface area contributed by atoms with Gasteiger partial charge in [-0.2, -0.15) is 0 Å². The van der Waals surface area contributed by atoms with Gasteiger partial charge in [0, 0.05) is 6.54 Å². The zero-order valence-corrected chi connectivity index (χ0v) is 11.4. The summed E-state index contributed by atoms with van der Waals surface area (Å²) in [6.45, 7) is 16.3. The molecular formula is C13H25NO2. The average molecular weight is 227 g/mol. The molecule has 0 radical (unpaired) electrons. The van der Waals surface area contributed by atoms with Crippen LogP contribution >= 0.6 is 0 Å². The van der Waals surface area contributed by atoms with Gasteiger partial charge in [0.2, 0.25) is 0 Å². The fourth-order valence-electron chi connectivity index (χ4n) is 1.22. The highest BCUT2D eigenvalue weighted by Crippen LogP contribution is 2.17. The lowest BCUT2D eigenvalue weighted by Gasteiger charge is -2.23. The maximum absolute atomic E-state index is 11.4. The summed E-state index contributed by atoms with van der Waals surface area (Å²) in [6.07, 6.45) is -0.353. The van der Waals surface area contributed by atoms with Crippen molar-refractivity contribution in [2.75, 3.05) is 6.54 Å². The van der Waals surface area contributed by atoms with Crippen LogP contribution in [0.25, 0.3) is 0 Å². The molecule has 0 spiro atoms. The zero-order valence-electron chi connectivity index (χ0n) is 11.4. The lowest BCUT2D eigenvalue weighted by molar-refractivity contribution is 0.0517. The molecule has 0 bridgehead atoms. The molecule has 1 amide bonds. The Kier molecular flexibility index (Phi) is 5.56. The molecule has 3 nitrogen and oxygen atoms in total. The number of hydrogen-bond acceptors (Lipinski definition) is 2. The summed E-state index contributed by atoms with van der Waals surface area (Å²) in [5.41, 5.74) is 0.700. The Morgan fingerprint density at radius 3 is 2.25 bits per heavy atom. The van der Waals surface area contributed by atoms with Crippen LogP contribution in [-0.4, -0.2) is 18.2 Å². The highest BCUT2D eigenvalue weighted by Gasteiger charge is 2.18. The van der Waals surface area contributed by atoms with Crippen molar-refractivity contribution >= 4 is 6.09 Å². The molecule has 0 rings (SSSR count). The van der Waals surface area contributed by atoms with Crippen molar-refractivity contribution in [1.82, 2.24) is 5.32 Å². The Hall–Kier alpha value is -0.990. The Morgan fingerprint density at radius 1 is 1.38 bits per heavy atom. The molecule has 0 aromatic rings. The molecule has 1 N–H and O–H groups in total. The van der Waals surface area contributed by atoms with Crippen molar-refractivity contribution in [3.8, 4) is 0 Å². The molecule has 0 aliphatic rings. The summed E-state index contributed by atoms with van der Waals surface area (Å²) in [6, 6.07) is 0. The smallest absolute Gasteiger partial charge is 0.407 e. The number of carbonyl (C=O) groups excluding carboxylic acids is 1. The topological polar surface area (TPSA) is 38.3 Å². The maximum Gasteiger partial charge on any atom is 0.407 e. The number of carbonyl (C=O) groups is 1. The number of alkyl carbamates (subject to hydrolysis) is 1. The minimum Gasteiger partial charge on any atom is -0.444 e. The van der Waals surface area contributed by atoms with E-state index in [0.29, 0.717) is 18.4 Å². The Morgan fingerprint density at radius 2 is 1.88 bits per heavy atom. The summed E-state index contributed by atoms with van der Waals surface area (Å²) in [5, 5.41) is 2.77. The lowest BCUT2D eigenvalue weighted by atomic mass is 9.90. The molecule has 16 heavy (non-hydrogen) atoms. The Balaban J connectivity index is 3.97. The average Bonchev–Trinajstić information content (AvgIpc) is 2.09. The summed E-state index contributed by atoms with van der Waals surface area (Å²) in [5.74, 6) is 0.764. The van der Waals surface area contributed by atoms with Crippen LogP contribution in [0.15, 0.2) is 12.2 Å². The standard InChI is InChI=1S/C13H25NO2/c1-9(2)11(4)10(3)8-14-12(15)16-13(5,6)7/h10-11H,1,8H2,2-7H3,(H,14,15). The molecule has 2 atom stereocenters. The minimum atomic E-state index is -0.437. The van der Waals surface area contributed by atoms with E-state index in [-0.39, 0.29) is 6.09 Å². The summed E-state index contributed by atoms with van der Waals surface area (Å²) >= 11 is 0. The highest BCUT2D eigenvalue weighted by atomic mass is 16.6. The van der Waals surface area contributed by atoms with Gasteiger partial charge in [0.25, 0.3) is 0 Å². The van der Waals surface area contributed by atoms with E-state index in [0.717, 1.165) is 5.57 Å². The normalized spacial score (nSPS) is 15.1. The highest BCUT2D eigenvalue weighted by molar-refractivity contribution is 5.67. The molecule has 0 aliphatic heterocycles. The number of ether oxygens (including phenoxy) is 1. The van der Waals surface area contributed by atoms with E-state index in [1.807, 2.05) is 27.7 Å². The second-order valence-corrected chi connectivity index (χ2v) is 5.50. The van der Waals surface area contributed by atoms with Crippen LogP contribution in [0.5, 0.6) is 0 Å². The third-order valence-corrected chi connectivity index (χ3v) is 2.60. The molecule has 0 aliphatic carbocycles. The number of nitrogens with one attached hydrogen (secondary N) is 1. The molecule has 0 heterocycles. The van der Waals surface area contributed by atoms with Crippen LogP contribution in [0.2, 0.25) is 0 Å². The molecular weight excluding hydrogens is 202 g/mol. The lowest BCUT2D eigenvalue weighted by Crippen LogP contribution is -2.36. The monoisotopic (exact) mass is 227 g/mol. The van der Waals surface area contributed by atoms with Gasteiger partial charge in [0.1, 0.15) is 5.60 Å². The van der Waals surface area contributed by atoms with Crippen LogP contribution in [0.4, 0.5) is 4.79 Å². The van der Waals surface area contributed by atoms with Gasteiger partial charge in [-0.25, -0.2) is 4.79 Å². The quantitative estimate of drug-likeness (QED) is 0.748. The van der Waals surface area contributed by atoms with Gasteiger partial charge in [-0.15, -0.1) is 0 Å². The first-order chi connectivity index (χ1) is 7.13. The van der Waals surface area contributed by atoms with Crippen LogP contribution < -0.4 is 5.32 Å². The molecule has 3 heteroatoms. The predicted molar refractivity (Wildman–Crippen MR) is 67.4 cm³/mol. The van der Waals surface area contributed by atoms with Crippen molar-refractivity contribution in [3.63, 3.8) is 0 Å². The number of allylic oxidation sites excluding steroid dienone is 1. The summed E-state index contributed by atoms with van der Waals surface area (Å²) < 4.78 is 5.16.